The van der Waals surface area contributed by atoms with E-state index in [0.717, 1.165) is 30.5 Å². The Labute approximate surface area is 244 Å². The van der Waals surface area contributed by atoms with Crippen LogP contribution in [-0.2, 0) is 16.1 Å². The van der Waals surface area contributed by atoms with Crippen molar-refractivity contribution in [2.45, 2.75) is 50.9 Å². The summed E-state index contributed by atoms with van der Waals surface area (Å²) in [7, 11) is 0. The van der Waals surface area contributed by atoms with Crippen molar-refractivity contribution in [3.8, 4) is 0 Å². The summed E-state index contributed by atoms with van der Waals surface area (Å²) in [6.07, 6.45) is 0.333. The van der Waals surface area contributed by atoms with Gasteiger partial charge in [-0.15, -0.1) is 0 Å². The van der Waals surface area contributed by atoms with Crippen LogP contribution in [0.3, 0.4) is 0 Å². The zero-order valence-electron chi connectivity index (χ0n) is 23.2. The second kappa shape index (κ2) is 13.1. The molecule has 2 heterocycles. The molecule has 1 amide bonds. The molecular formula is C31H31F5N2O5. The molecule has 0 saturated carbocycles. The molecule has 2 aliphatic heterocycles. The van der Waals surface area contributed by atoms with Gasteiger partial charge >= 0.3 is 0 Å². The van der Waals surface area contributed by atoms with Gasteiger partial charge in [0.25, 0.3) is 5.91 Å². The lowest BCUT2D eigenvalue weighted by molar-refractivity contribution is -0.276. The van der Waals surface area contributed by atoms with E-state index in [9.17, 15) is 37.0 Å². The van der Waals surface area contributed by atoms with E-state index >= 15 is 0 Å². The summed E-state index contributed by atoms with van der Waals surface area (Å²) < 4.78 is 81.5. The first-order chi connectivity index (χ1) is 20.6. The highest BCUT2D eigenvalue weighted by molar-refractivity contribution is 6.04. The number of rotatable bonds is 8. The molecule has 2 saturated heterocycles. The first-order valence-electron chi connectivity index (χ1n) is 13.9. The number of hydrogen-bond acceptors (Lipinski definition) is 6. The highest BCUT2D eigenvalue weighted by atomic mass is 19.2. The van der Waals surface area contributed by atoms with Crippen molar-refractivity contribution in [1.29, 1.82) is 0 Å². The smallest absolute Gasteiger partial charge is 0.261 e. The van der Waals surface area contributed by atoms with Gasteiger partial charge in [0.2, 0.25) is 5.82 Å². The fourth-order valence-corrected chi connectivity index (χ4v) is 5.62. The van der Waals surface area contributed by atoms with E-state index in [4.69, 9.17) is 9.47 Å². The molecule has 7 nitrogen and oxygen atoms in total. The van der Waals surface area contributed by atoms with Crippen LogP contribution in [-0.4, -0.2) is 52.9 Å². The number of hydrogen-bond donors (Lipinski definition) is 3. The fraction of sp³-hybridized carbons (Fsp3) is 0.387. The molecule has 0 aromatic heterocycles. The Morgan fingerprint density at radius 1 is 0.884 bits per heavy atom. The first kappa shape index (κ1) is 31.0. The standard InChI is InChI=1S/C31H31F5N2O5/c1-16-22(13-38-12-2-3-21(38)15-40)42-31(43-29(16)18-6-4-17(14-39)5-7-18)19-8-10-20(11-9-19)37-30(41)23-24(32)26(34)28(36)27(35)25(23)33/h4-11,16,21-22,29,31,39-40H,2-3,12-15H2,1H3,(H,37,41)/t16-,21-,22+,29+,31+/m0/s1. The molecule has 3 N–H and O–H groups in total. The lowest BCUT2D eigenvalue weighted by Crippen LogP contribution is -2.46. The normalized spacial score (nSPS) is 24.3. The first-order valence-corrected chi connectivity index (χ1v) is 13.9. The van der Waals surface area contributed by atoms with Crippen molar-refractivity contribution in [2.24, 2.45) is 5.92 Å². The van der Waals surface area contributed by atoms with Gasteiger partial charge in [-0.1, -0.05) is 43.3 Å². The van der Waals surface area contributed by atoms with Gasteiger partial charge in [0.1, 0.15) is 5.56 Å². The minimum Gasteiger partial charge on any atom is -0.395 e. The zero-order valence-corrected chi connectivity index (χ0v) is 23.2. The number of aliphatic hydroxyl groups excluding tert-OH is 2. The third-order valence-electron chi connectivity index (χ3n) is 8.13. The average molecular weight is 607 g/mol. The van der Waals surface area contributed by atoms with Gasteiger partial charge in [0, 0.05) is 29.8 Å². The van der Waals surface area contributed by atoms with E-state index in [0.29, 0.717) is 12.1 Å². The molecule has 43 heavy (non-hydrogen) atoms. The molecule has 5 atom stereocenters. The highest BCUT2D eigenvalue weighted by Gasteiger charge is 2.40. The molecule has 5 rings (SSSR count). The summed E-state index contributed by atoms with van der Waals surface area (Å²) in [6, 6.07) is 13.4. The Balaban J connectivity index is 1.37. The van der Waals surface area contributed by atoms with Crippen molar-refractivity contribution in [3.05, 3.63) is 99.9 Å². The molecular weight excluding hydrogens is 575 g/mol. The van der Waals surface area contributed by atoms with Gasteiger partial charge in [-0.2, -0.15) is 0 Å². The number of amides is 1. The van der Waals surface area contributed by atoms with Crippen LogP contribution in [0.4, 0.5) is 27.6 Å². The monoisotopic (exact) mass is 606 g/mol. The maximum absolute atomic E-state index is 14.1. The van der Waals surface area contributed by atoms with Crippen molar-refractivity contribution >= 4 is 11.6 Å². The van der Waals surface area contributed by atoms with Gasteiger partial charge < -0.3 is 25.0 Å². The van der Waals surface area contributed by atoms with E-state index in [1.165, 1.54) is 12.1 Å². The van der Waals surface area contributed by atoms with Crippen LogP contribution in [0.5, 0.6) is 0 Å². The van der Waals surface area contributed by atoms with Crippen LogP contribution in [0, 0.1) is 35.0 Å². The van der Waals surface area contributed by atoms with E-state index in [2.05, 4.69) is 10.2 Å². The molecule has 12 heteroatoms. The fourth-order valence-electron chi connectivity index (χ4n) is 5.62. The predicted molar refractivity (Wildman–Crippen MR) is 145 cm³/mol. The van der Waals surface area contributed by atoms with Gasteiger partial charge in [-0.05, 0) is 42.6 Å². The molecule has 3 aromatic rings. The third-order valence-corrected chi connectivity index (χ3v) is 8.13. The second-order valence-corrected chi connectivity index (χ2v) is 10.8. The molecule has 0 radical (unpaired) electrons. The van der Waals surface area contributed by atoms with Crippen molar-refractivity contribution < 1.29 is 46.4 Å². The summed E-state index contributed by atoms with van der Waals surface area (Å²) in [5.41, 5.74) is 0.646. The molecule has 3 aromatic carbocycles. The largest absolute Gasteiger partial charge is 0.395 e. The van der Waals surface area contributed by atoms with Crippen LogP contribution in [0.25, 0.3) is 0 Å². The lowest BCUT2D eigenvalue weighted by Gasteiger charge is -2.43. The topological polar surface area (TPSA) is 91.3 Å². The van der Waals surface area contributed by atoms with E-state index in [1.54, 1.807) is 12.1 Å². The summed E-state index contributed by atoms with van der Waals surface area (Å²) in [5.74, 6) is -12.8. The minimum absolute atomic E-state index is 0.0393. The average Bonchev–Trinajstić information content (AvgIpc) is 3.47. The summed E-state index contributed by atoms with van der Waals surface area (Å²) in [6.45, 7) is 3.36. The summed E-state index contributed by atoms with van der Waals surface area (Å²) >= 11 is 0. The molecule has 2 aliphatic rings. The predicted octanol–water partition coefficient (Wildman–Crippen LogP) is 5.37. The van der Waals surface area contributed by atoms with E-state index in [1.807, 2.05) is 31.2 Å². The highest BCUT2D eigenvalue weighted by Crippen LogP contribution is 2.42. The van der Waals surface area contributed by atoms with Gasteiger partial charge in [0.15, 0.2) is 29.6 Å². The Hall–Kier alpha value is -3.42. The summed E-state index contributed by atoms with van der Waals surface area (Å²) in [4.78, 5) is 14.7. The molecule has 0 spiro atoms. The number of nitrogens with one attached hydrogen (secondary N) is 1. The van der Waals surface area contributed by atoms with Crippen molar-refractivity contribution in [3.63, 3.8) is 0 Å². The quantitative estimate of drug-likeness (QED) is 0.181. The maximum Gasteiger partial charge on any atom is 0.261 e. The molecule has 2 fully saturated rings. The number of nitrogens with zero attached hydrogens (tertiary/aromatic N) is 1. The number of carbonyl (C=O) groups is 1. The molecule has 0 unspecified atom stereocenters. The van der Waals surface area contributed by atoms with E-state index < -0.39 is 46.8 Å². The minimum atomic E-state index is -2.35. The van der Waals surface area contributed by atoms with Gasteiger partial charge in [-0.3, -0.25) is 9.69 Å². The Bertz CT molecular complexity index is 1430. The van der Waals surface area contributed by atoms with Crippen molar-refractivity contribution in [2.75, 3.05) is 25.0 Å². The van der Waals surface area contributed by atoms with Crippen LogP contribution >= 0.6 is 0 Å². The maximum atomic E-state index is 14.1. The van der Waals surface area contributed by atoms with Crippen LogP contribution in [0.1, 0.15) is 59.2 Å². The molecule has 230 valence electrons. The Morgan fingerprint density at radius 2 is 1.49 bits per heavy atom. The number of likely N-dealkylation sites (tertiary alicyclic amines) is 1. The Kier molecular flexibility index (Phi) is 9.42. The van der Waals surface area contributed by atoms with E-state index in [-0.39, 0.29) is 43.1 Å². The van der Waals surface area contributed by atoms with Crippen molar-refractivity contribution in [1.82, 2.24) is 4.90 Å². The Morgan fingerprint density at radius 3 is 2.09 bits per heavy atom. The summed E-state index contributed by atoms with van der Waals surface area (Å²) in [5, 5.41) is 21.4. The number of ether oxygens (including phenoxy) is 2. The van der Waals surface area contributed by atoms with Gasteiger partial charge in [-0.25, -0.2) is 22.0 Å². The number of halogens is 5. The zero-order chi connectivity index (χ0) is 30.8. The third kappa shape index (κ3) is 6.29. The lowest BCUT2D eigenvalue weighted by atomic mass is 9.90. The number of aliphatic hydroxyl groups is 2. The second-order valence-electron chi connectivity index (χ2n) is 10.8. The van der Waals surface area contributed by atoms with Crippen LogP contribution < -0.4 is 5.32 Å². The van der Waals surface area contributed by atoms with Crippen LogP contribution in [0.15, 0.2) is 48.5 Å². The van der Waals surface area contributed by atoms with Gasteiger partial charge in [0.05, 0.1) is 25.4 Å². The molecule has 0 aliphatic carbocycles. The number of anilines is 1. The van der Waals surface area contributed by atoms with Crippen LogP contribution in [0.2, 0.25) is 0 Å². The number of benzene rings is 3. The number of carbonyl (C=O) groups excluding carboxylic acids is 1. The SMILES string of the molecule is C[C@H]1[C@@H](CN2CCC[C@H]2CO)O[C@@H](c2ccc(NC(=O)c3c(F)c(F)c(F)c(F)c3F)cc2)O[C@H]1c1ccc(CO)cc1. The molecule has 0 bridgehead atoms.